The minimum Gasteiger partial charge on any atom is -0.493 e. The van der Waals surface area contributed by atoms with Crippen LogP contribution in [-0.2, 0) is 6.42 Å². The summed E-state index contributed by atoms with van der Waals surface area (Å²) in [7, 11) is 0. The van der Waals surface area contributed by atoms with Gasteiger partial charge in [-0.3, -0.25) is 0 Å². The van der Waals surface area contributed by atoms with Crippen LogP contribution < -0.4 is 4.74 Å². The molecule has 0 saturated carbocycles. The van der Waals surface area contributed by atoms with E-state index in [2.05, 4.69) is 15.9 Å². The zero-order valence-corrected chi connectivity index (χ0v) is 13.4. The molecule has 0 spiro atoms. The molecule has 2 aromatic rings. The van der Waals surface area contributed by atoms with E-state index >= 15 is 0 Å². The number of benzene rings is 2. The molecule has 0 aromatic heterocycles. The summed E-state index contributed by atoms with van der Waals surface area (Å²) in [4.78, 5) is 0. The molecule has 1 atom stereocenters. The Kier molecular flexibility index (Phi) is 5.44. The van der Waals surface area contributed by atoms with Crippen molar-refractivity contribution in [3.05, 3.63) is 63.9 Å². The van der Waals surface area contributed by atoms with Crippen molar-refractivity contribution < 1.29 is 9.13 Å². The Morgan fingerprint density at radius 3 is 2.65 bits per heavy atom. The summed E-state index contributed by atoms with van der Waals surface area (Å²) in [5, 5.41) is -0.279. The van der Waals surface area contributed by atoms with Gasteiger partial charge in [-0.15, -0.1) is 11.6 Å². The monoisotopic (exact) mass is 356 g/mol. The number of halogens is 3. The number of hydrogen-bond donors (Lipinski definition) is 0. The third kappa shape index (κ3) is 3.74. The maximum Gasteiger partial charge on any atom is 0.133 e. The van der Waals surface area contributed by atoms with Gasteiger partial charge in [0.15, 0.2) is 0 Å². The van der Waals surface area contributed by atoms with Crippen LogP contribution in [0.2, 0.25) is 0 Å². The zero-order valence-electron chi connectivity index (χ0n) is 11.1. The lowest BCUT2D eigenvalue weighted by Crippen LogP contribution is -1.99. The summed E-state index contributed by atoms with van der Waals surface area (Å²) in [6, 6.07) is 12.4. The summed E-state index contributed by atoms with van der Waals surface area (Å²) in [5.41, 5.74) is 1.56. The van der Waals surface area contributed by atoms with E-state index in [4.69, 9.17) is 16.3 Å². The Morgan fingerprint density at radius 2 is 2.00 bits per heavy atom. The lowest BCUT2D eigenvalue weighted by molar-refractivity contribution is 0.338. The summed E-state index contributed by atoms with van der Waals surface area (Å²) in [6.45, 7) is 2.54. The highest BCUT2D eigenvalue weighted by Gasteiger charge is 2.13. The predicted molar refractivity (Wildman–Crippen MR) is 84.0 cm³/mol. The van der Waals surface area contributed by atoms with Gasteiger partial charge in [0.2, 0.25) is 0 Å². The highest BCUT2D eigenvalue weighted by Crippen LogP contribution is 2.32. The van der Waals surface area contributed by atoms with E-state index in [-0.39, 0.29) is 11.2 Å². The first kappa shape index (κ1) is 15.3. The summed E-state index contributed by atoms with van der Waals surface area (Å²) in [6.07, 6.45) is 0.453. The average molecular weight is 358 g/mol. The van der Waals surface area contributed by atoms with Gasteiger partial charge in [0.1, 0.15) is 11.6 Å². The molecule has 0 N–H and O–H groups in total. The molecule has 2 rings (SSSR count). The number of hydrogen-bond acceptors (Lipinski definition) is 1. The Bertz CT molecular complexity index is 588. The Hall–Kier alpha value is -1.06. The molecule has 0 saturated heterocycles. The largest absolute Gasteiger partial charge is 0.493 e. The van der Waals surface area contributed by atoms with Crippen LogP contribution in [0.3, 0.4) is 0 Å². The van der Waals surface area contributed by atoms with Gasteiger partial charge in [0.25, 0.3) is 0 Å². The van der Waals surface area contributed by atoms with Gasteiger partial charge in [0, 0.05) is 0 Å². The van der Waals surface area contributed by atoms with Crippen LogP contribution in [0, 0.1) is 5.82 Å². The Balaban J connectivity index is 2.15. The molecule has 0 bridgehead atoms. The Labute approximate surface area is 131 Å². The van der Waals surface area contributed by atoms with Gasteiger partial charge in [-0.1, -0.05) is 24.3 Å². The smallest absolute Gasteiger partial charge is 0.133 e. The van der Waals surface area contributed by atoms with Crippen molar-refractivity contribution in [2.24, 2.45) is 0 Å². The third-order valence-electron chi connectivity index (χ3n) is 2.97. The first-order valence-electron chi connectivity index (χ1n) is 6.41. The second-order valence-electron chi connectivity index (χ2n) is 4.39. The van der Waals surface area contributed by atoms with Gasteiger partial charge in [-0.25, -0.2) is 4.39 Å². The van der Waals surface area contributed by atoms with Crippen LogP contribution in [0.4, 0.5) is 4.39 Å². The number of rotatable bonds is 5. The van der Waals surface area contributed by atoms with E-state index in [1.165, 1.54) is 6.07 Å². The summed E-state index contributed by atoms with van der Waals surface area (Å²) < 4.78 is 19.9. The van der Waals surface area contributed by atoms with E-state index in [1.807, 2.05) is 31.2 Å². The second kappa shape index (κ2) is 7.09. The molecule has 0 aliphatic heterocycles. The summed E-state index contributed by atoms with van der Waals surface area (Å²) in [5.74, 6) is 0.564. The SMILES string of the molecule is CCOc1ccc(C(Cl)Cc2ccccc2F)cc1Br. The predicted octanol–water partition coefficient (Wildman–Crippen LogP) is 5.51. The fourth-order valence-corrected chi connectivity index (χ4v) is 2.77. The van der Waals surface area contributed by atoms with Crippen LogP contribution in [0.15, 0.2) is 46.9 Å². The molecule has 4 heteroatoms. The fourth-order valence-electron chi connectivity index (χ4n) is 1.96. The van der Waals surface area contributed by atoms with Gasteiger partial charge in [-0.05, 0) is 58.6 Å². The van der Waals surface area contributed by atoms with Crippen molar-refractivity contribution in [1.82, 2.24) is 0 Å². The number of alkyl halides is 1. The van der Waals surface area contributed by atoms with Crippen LogP contribution in [0.25, 0.3) is 0 Å². The second-order valence-corrected chi connectivity index (χ2v) is 5.77. The third-order valence-corrected chi connectivity index (χ3v) is 4.00. The quantitative estimate of drug-likeness (QED) is 0.641. The maximum atomic E-state index is 13.6. The van der Waals surface area contributed by atoms with Gasteiger partial charge in [-0.2, -0.15) is 0 Å². The molecule has 20 heavy (non-hydrogen) atoms. The fraction of sp³-hybridized carbons (Fsp3) is 0.250. The molecule has 1 nitrogen and oxygen atoms in total. The molecule has 2 aromatic carbocycles. The van der Waals surface area contributed by atoms with Gasteiger partial charge < -0.3 is 4.74 Å². The lowest BCUT2D eigenvalue weighted by atomic mass is 10.0. The van der Waals surface area contributed by atoms with Crippen molar-refractivity contribution in [2.75, 3.05) is 6.61 Å². The maximum absolute atomic E-state index is 13.6. The number of ether oxygens (including phenoxy) is 1. The van der Waals surface area contributed by atoms with Crippen molar-refractivity contribution in [3.63, 3.8) is 0 Å². The van der Waals surface area contributed by atoms with E-state index in [0.717, 1.165) is 15.8 Å². The molecule has 0 aliphatic rings. The molecule has 1 unspecified atom stereocenters. The van der Waals surface area contributed by atoms with Crippen LogP contribution in [-0.4, -0.2) is 6.61 Å². The van der Waals surface area contributed by atoms with Crippen molar-refractivity contribution in [1.29, 1.82) is 0 Å². The highest BCUT2D eigenvalue weighted by molar-refractivity contribution is 9.10. The van der Waals surface area contributed by atoms with Crippen molar-refractivity contribution in [3.8, 4) is 5.75 Å². The van der Waals surface area contributed by atoms with E-state index in [9.17, 15) is 4.39 Å². The normalized spacial score (nSPS) is 12.2. The first-order valence-corrected chi connectivity index (χ1v) is 7.64. The molecular formula is C16H15BrClFO. The molecule has 106 valence electrons. The van der Waals surface area contributed by atoms with Crippen LogP contribution in [0.5, 0.6) is 5.75 Å². The standard InChI is InChI=1S/C16H15BrClFO/c1-2-20-16-8-7-11(9-13(16)17)14(18)10-12-5-3-4-6-15(12)19/h3-9,14H,2,10H2,1H3. The molecule has 0 heterocycles. The van der Waals surface area contributed by atoms with Crippen LogP contribution in [0.1, 0.15) is 23.4 Å². The van der Waals surface area contributed by atoms with E-state index in [0.29, 0.717) is 18.6 Å². The highest BCUT2D eigenvalue weighted by atomic mass is 79.9. The minimum absolute atomic E-state index is 0.219. The average Bonchev–Trinajstić information content (AvgIpc) is 2.43. The van der Waals surface area contributed by atoms with Crippen molar-refractivity contribution in [2.45, 2.75) is 18.7 Å². The van der Waals surface area contributed by atoms with Crippen LogP contribution >= 0.6 is 27.5 Å². The summed E-state index contributed by atoms with van der Waals surface area (Å²) >= 11 is 9.84. The first-order chi connectivity index (χ1) is 9.61. The topological polar surface area (TPSA) is 9.23 Å². The lowest BCUT2D eigenvalue weighted by Gasteiger charge is -2.13. The molecule has 0 amide bonds. The Morgan fingerprint density at radius 1 is 1.25 bits per heavy atom. The molecule has 0 radical (unpaired) electrons. The molecule has 0 aliphatic carbocycles. The minimum atomic E-state index is -0.279. The zero-order chi connectivity index (χ0) is 14.5. The van der Waals surface area contributed by atoms with Gasteiger partial charge in [0.05, 0.1) is 16.5 Å². The van der Waals surface area contributed by atoms with Crippen molar-refractivity contribution >= 4 is 27.5 Å². The molecule has 0 fully saturated rings. The van der Waals surface area contributed by atoms with Gasteiger partial charge >= 0.3 is 0 Å². The van der Waals surface area contributed by atoms with E-state index < -0.39 is 0 Å². The van der Waals surface area contributed by atoms with E-state index in [1.54, 1.807) is 12.1 Å². The molecular weight excluding hydrogens is 343 g/mol.